The molecule has 2 rings (SSSR count). The van der Waals surface area contributed by atoms with Gasteiger partial charge in [-0.25, -0.2) is 15.8 Å². The number of rotatable bonds is 4. The fourth-order valence-corrected chi connectivity index (χ4v) is 2.78. The SMILES string of the molecule is COC1CCN(c2cc(NN)nc(SC)n2)C(C)C1. The molecular weight excluding hydrogens is 262 g/mol. The molecule has 1 fully saturated rings. The lowest BCUT2D eigenvalue weighted by Crippen LogP contribution is -2.43. The monoisotopic (exact) mass is 283 g/mol. The molecule has 19 heavy (non-hydrogen) atoms. The predicted octanol–water partition coefficient (Wildman–Crippen LogP) is 1.49. The van der Waals surface area contributed by atoms with Crippen LogP contribution in [0.3, 0.4) is 0 Å². The molecule has 1 saturated heterocycles. The van der Waals surface area contributed by atoms with Gasteiger partial charge < -0.3 is 15.1 Å². The van der Waals surface area contributed by atoms with E-state index in [1.165, 1.54) is 11.8 Å². The summed E-state index contributed by atoms with van der Waals surface area (Å²) in [7, 11) is 1.78. The van der Waals surface area contributed by atoms with Crippen LogP contribution in [-0.2, 0) is 4.74 Å². The van der Waals surface area contributed by atoms with E-state index in [4.69, 9.17) is 10.6 Å². The van der Waals surface area contributed by atoms with Crippen LogP contribution in [0.15, 0.2) is 11.2 Å². The first-order chi connectivity index (χ1) is 9.17. The standard InChI is InChI=1S/C12H21N5OS/c1-8-6-9(18-2)4-5-17(8)11-7-10(16-13)14-12(15-11)19-3/h7-9H,4-6,13H2,1-3H3,(H,14,15,16). The van der Waals surface area contributed by atoms with Gasteiger partial charge in [0.05, 0.1) is 6.10 Å². The number of hydrazine groups is 1. The number of methoxy groups -OCH3 is 1. The Balaban J connectivity index is 2.21. The molecule has 1 aliphatic rings. The lowest BCUT2D eigenvalue weighted by molar-refractivity contribution is 0.0719. The fourth-order valence-electron chi connectivity index (χ4n) is 2.41. The summed E-state index contributed by atoms with van der Waals surface area (Å²) < 4.78 is 5.44. The van der Waals surface area contributed by atoms with Crippen LogP contribution in [0.5, 0.6) is 0 Å². The minimum atomic E-state index is 0.347. The minimum Gasteiger partial charge on any atom is -0.381 e. The van der Waals surface area contributed by atoms with Crippen molar-refractivity contribution in [2.45, 2.75) is 37.1 Å². The molecule has 1 aromatic rings. The molecule has 0 amide bonds. The number of aromatic nitrogens is 2. The maximum Gasteiger partial charge on any atom is 0.191 e. The number of nitrogens with one attached hydrogen (secondary N) is 1. The zero-order valence-corrected chi connectivity index (χ0v) is 12.4. The highest BCUT2D eigenvalue weighted by atomic mass is 32.2. The summed E-state index contributed by atoms with van der Waals surface area (Å²) in [5.41, 5.74) is 2.60. The Kier molecular flexibility index (Phi) is 4.84. The second-order valence-electron chi connectivity index (χ2n) is 4.67. The molecule has 0 aromatic carbocycles. The van der Waals surface area contributed by atoms with E-state index < -0.39 is 0 Å². The zero-order valence-electron chi connectivity index (χ0n) is 11.6. The molecule has 6 nitrogen and oxygen atoms in total. The lowest BCUT2D eigenvalue weighted by Gasteiger charge is -2.38. The van der Waals surface area contributed by atoms with Gasteiger partial charge in [0.15, 0.2) is 5.16 Å². The average Bonchev–Trinajstić information content (AvgIpc) is 2.46. The minimum absolute atomic E-state index is 0.347. The number of hydrogen-bond donors (Lipinski definition) is 2. The second-order valence-corrected chi connectivity index (χ2v) is 5.44. The maximum atomic E-state index is 5.46. The van der Waals surface area contributed by atoms with E-state index in [0.717, 1.165) is 30.4 Å². The molecule has 2 heterocycles. The number of nitrogens with two attached hydrogens (primary N) is 1. The Hall–Kier alpha value is -1.05. The molecule has 0 saturated carbocycles. The van der Waals surface area contributed by atoms with E-state index in [2.05, 4.69) is 27.2 Å². The molecule has 1 aromatic heterocycles. The first kappa shape index (κ1) is 14.4. The summed E-state index contributed by atoms with van der Waals surface area (Å²) >= 11 is 1.51. The van der Waals surface area contributed by atoms with Gasteiger partial charge in [0.1, 0.15) is 11.6 Å². The third-order valence-corrected chi connectivity index (χ3v) is 4.03. The molecule has 0 radical (unpaired) electrons. The molecule has 1 aliphatic heterocycles. The summed E-state index contributed by atoms with van der Waals surface area (Å²) in [6, 6.07) is 2.29. The number of anilines is 2. The second kappa shape index (κ2) is 6.40. The topological polar surface area (TPSA) is 76.3 Å². The van der Waals surface area contributed by atoms with E-state index in [-0.39, 0.29) is 0 Å². The van der Waals surface area contributed by atoms with Crippen LogP contribution in [0.25, 0.3) is 0 Å². The zero-order chi connectivity index (χ0) is 13.8. The Morgan fingerprint density at radius 3 is 2.89 bits per heavy atom. The molecule has 2 atom stereocenters. The van der Waals surface area contributed by atoms with Gasteiger partial charge in [-0.3, -0.25) is 0 Å². The summed E-state index contributed by atoms with van der Waals surface area (Å²) in [5.74, 6) is 7.04. The van der Waals surface area contributed by atoms with Gasteiger partial charge in [-0.05, 0) is 26.0 Å². The van der Waals surface area contributed by atoms with Crippen molar-refractivity contribution in [3.05, 3.63) is 6.07 Å². The summed E-state index contributed by atoms with van der Waals surface area (Å²) in [6.07, 6.45) is 4.34. The third-order valence-electron chi connectivity index (χ3n) is 3.48. The van der Waals surface area contributed by atoms with Gasteiger partial charge in [-0.1, -0.05) is 11.8 Å². The normalized spacial score (nSPS) is 23.5. The highest BCUT2D eigenvalue weighted by Crippen LogP contribution is 2.27. The van der Waals surface area contributed by atoms with Crippen LogP contribution in [0.2, 0.25) is 0 Å². The van der Waals surface area contributed by atoms with Gasteiger partial charge in [0.25, 0.3) is 0 Å². The Morgan fingerprint density at radius 2 is 2.32 bits per heavy atom. The van der Waals surface area contributed by atoms with Crippen molar-refractivity contribution in [3.63, 3.8) is 0 Å². The van der Waals surface area contributed by atoms with Crippen molar-refractivity contribution in [2.24, 2.45) is 5.84 Å². The largest absolute Gasteiger partial charge is 0.381 e. The van der Waals surface area contributed by atoms with Crippen LogP contribution < -0.4 is 16.2 Å². The van der Waals surface area contributed by atoms with Gasteiger partial charge in [-0.15, -0.1) is 0 Å². The van der Waals surface area contributed by atoms with Crippen LogP contribution >= 0.6 is 11.8 Å². The van der Waals surface area contributed by atoms with Gasteiger partial charge in [0.2, 0.25) is 0 Å². The Bertz CT molecular complexity index is 408. The van der Waals surface area contributed by atoms with Crippen LogP contribution in [0.1, 0.15) is 19.8 Å². The number of ether oxygens (including phenoxy) is 1. The molecule has 0 aliphatic carbocycles. The van der Waals surface area contributed by atoms with E-state index >= 15 is 0 Å². The van der Waals surface area contributed by atoms with Crippen LogP contribution in [-0.4, -0.2) is 42.0 Å². The number of thioether (sulfide) groups is 1. The number of piperidine rings is 1. The van der Waals surface area contributed by atoms with Crippen molar-refractivity contribution >= 4 is 23.4 Å². The Labute approximate surface area is 118 Å². The van der Waals surface area contributed by atoms with Crippen LogP contribution in [0.4, 0.5) is 11.6 Å². The maximum absolute atomic E-state index is 5.46. The van der Waals surface area contributed by atoms with Crippen LogP contribution in [0, 0.1) is 0 Å². The summed E-state index contributed by atoms with van der Waals surface area (Å²) in [5, 5.41) is 0.728. The van der Waals surface area contributed by atoms with E-state index in [1.807, 2.05) is 12.3 Å². The van der Waals surface area contributed by atoms with Crippen molar-refractivity contribution < 1.29 is 4.74 Å². The van der Waals surface area contributed by atoms with Gasteiger partial charge >= 0.3 is 0 Å². The number of nitrogens with zero attached hydrogens (tertiary/aromatic N) is 3. The van der Waals surface area contributed by atoms with Gasteiger partial charge in [0, 0.05) is 25.8 Å². The molecular formula is C12H21N5OS. The highest BCUT2D eigenvalue weighted by molar-refractivity contribution is 7.98. The summed E-state index contributed by atoms with van der Waals surface area (Å²) in [6.45, 7) is 3.14. The first-order valence-corrected chi connectivity index (χ1v) is 7.59. The van der Waals surface area contributed by atoms with Gasteiger partial charge in [-0.2, -0.15) is 0 Å². The first-order valence-electron chi connectivity index (χ1n) is 6.37. The van der Waals surface area contributed by atoms with Crippen molar-refractivity contribution in [2.75, 3.05) is 30.2 Å². The van der Waals surface area contributed by atoms with Crippen molar-refractivity contribution in [1.82, 2.24) is 9.97 Å². The molecule has 2 unspecified atom stereocenters. The predicted molar refractivity (Wildman–Crippen MR) is 78.5 cm³/mol. The van der Waals surface area contributed by atoms with E-state index in [1.54, 1.807) is 7.11 Å². The smallest absolute Gasteiger partial charge is 0.191 e. The van der Waals surface area contributed by atoms with Crippen molar-refractivity contribution in [3.8, 4) is 0 Å². The van der Waals surface area contributed by atoms with Crippen molar-refractivity contribution in [1.29, 1.82) is 0 Å². The van der Waals surface area contributed by atoms with E-state index in [0.29, 0.717) is 18.0 Å². The molecule has 7 heteroatoms. The lowest BCUT2D eigenvalue weighted by atomic mass is 10.0. The highest BCUT2D eigenvalue weighted by Gasteiger charge is 2.26. The third kappa shape index (κ3) is 3.29. The average molecular weight is 283 g/mol. The molecule has 0 bridgehead atoms. The molecule has 106 valence electrons. The quantitative estimate of drug-likeness (QED) is 0.375. The number of nitrogen functional groups attached to an aromatic ring is 1. The molecule has 3 N–H and O–H groups in total. The fraction of sp³-hybridized carbons (Fsp3) is 0.667. The Morgan fingerprint density at radius 1 is 1.53 bits per heavy atom. The summed E-state index contributed by atoms with van der Waals surface area (Å²) in [4.78, 5) is 11.1. The molecule has 0 spiro atoms. The number of hydrogen-bond acceptors (Lipinski definition) is 7. The van der Waals surface area contributed by atoms with E-state index in [9.17, 15) is 0 Å².